The highest BCUT2D eigenvalue weighted by atomic mass is 16.5. The van der Waals surface area contributed by atoms with Crippen molar-refractivity contribution < 1.29 is 19.4 Å². The fourth-order valence-corrected chi connectivity index (χ4v) is 2.49. The van der Waals surface area contributed by atoms with Crippen LogP contribution in [-0.2, 0) is 14.3 Å². The molecule has 0 unspecified atom stereocenters. The van der Waals surface area contributed by atoms with Crippen LogP contribution in [0.4, 0.5) is 0 Å². The number of carbonyl (C=O) groups excluding carboxylic acids is 1. The number of carbonyl (C=O) groups is 1. The number of hydrogen-bond donors (Lipinski definition) is 1. The summed E-state index contributed by atoms with van der Waals surface area (Å²) < 4.78 is 10.3. The third kappa shape index (κ3) is 3.08. The minimum atomic E-state index is -0.664. The Bertz CT molecular complexity index is 507. The zero-order valence-electron chi connectivity index (χ0n) is 11.8. The van der Waals surface area contributed by atoms with Gasteiger partial charge in [-0.15, -0.1) is 0 Å². The van der Waals surface area contributed by atoms with Crippen molar-refractivity contribution in [2.24, 2.45) is 0 Å². The summed E-state index contributed by atoms with van der Waals surface area (Å²) in [5, 5.41) is 10.2. The van der Waals surface area contributed by atoms with Crippen molar-refractivity contribution in [3.8, 4) is 0 Å². The first-order chi connectivity index (χ1) is 9.67. The quantitative estimate of drug-likeness (QED) is 0.839. The third-order valence-electron chi connectivity index (χ3n) is 3.48. The van der Waals surface area contributed by atoms with E-state index in [9.17, 15) is 9.90 Å². The number of esters is 1. The Hall–Kier alpha value is -1.65. The molecule has 0 bridgehead atoms. The molecule has 4 nitrogen and oxygen atoms in total. The number of hydrogen-bond acceptors (Lipinski definition) is 4. The van der Waals surface area contributed by atoms with Crippen LogP contribution >= 0.6 is 0 Å². The Morgan fingerprint density at radius 1 is 1.35 bits per heavy atom. The zero-order chi connectivity index (χ0) is 14.5. The zero-order valence-corrected chi connectivity index (χ0v) is 11.8. The Kier molecular flexibility index (Phi) is 4.93. The van der Waals surface area contributed by atoms with E-state index in [2.05, 4.69) is 0 Å². The summed E-state index contributed by atoms with van der Waals surface area (Å²) in [7, 11) is 1.57. The second kappa shape index (κ2) is 6.68. The molecule has 4 heteroatoms. The van der Waals surface area contributed by atoms with E-state index in [0.717, 1.165) is 16.7 Å². The molecule has 20 heavy (non-hydrogen) atoms. The molecule has 1 N–H and O–H groups in total. The molecule has 1 aliphatic rings. The lowest BCUT2D eigenvalue weighted by Gasteiger charge is -2.28. The number of aliphatic hydroxyl groups excluding tert-OH is 1. The van der Waals surface area contributed by atoms with E-state index in [1.54, 1.807) is 14.0 Å². The molecule has 0 saturated carbocycles. The first kappa shape index (κ1) is 14.8. The van der Waals surface area contributed by atoms with Crippen LogP contribution < -0.4 is 0 Å². The van der Waals surface area contributed by atoms with Gasteiger partial charge in [-0.3, -0.25) is 4.79 Å². The van der Waals surface area contributed by atoms with Crippen LogP contribution in [0.25, 0.3) is 5.57 Å². The van der Waals surface area contributed by atoms with Gasteiger partial charge in [-0.2, -0.15) is 0 Å². The standard InChI is InChI=1S/C16H20O4/c1-3-20-15(17)9-8-11-10-14(19-2)16(18)13-7-5-4-6-12(11)13/h4-7,10,14,16,18H,3,8-9H2,1-2H3/t14-,16-/m0/s1. The maximum atomic E-state index is 11.5. The summed E-state index contributed by atoms with van der Waals surface area (Å²) in [4.78, 5) is 11.5. The van der Waals surface area contributed by atoms with Crippen LogP contribution in [0.2, 0.25) is 0 Å². The fraction of sp³-hybridized carbons (Fsp3) is 0.438. The van der Waals surface area contributed by atoms with E-state index in [-0.39, 0.29) is 12.1 Å². The average Bonchev–Trinajstić information content (AvgIpc) is 2.47. The Morgan fingerprint density at radius 2 is 2.10 bits per heavy atom. The van der Waals surface area contributed by atoms with Gasteiger partial charge < -0.3 is 14.6 Å². The molecule has 108 valence electrons. The van der Waals surface area contributed by atoms with E-state index in [4.69, 9.17) is 9.47 Å². The van der Waals surface area contributed by atoms with Crippen molar-refractivity contribution in [2.45, 2.75) is 32.0 Å². The number of benzene rings is 1. The fourth-order valence-electron chi connectivity index (χ4n) is 2.49. The lowest BCUT2D eigenvalue weighted by Crippen LogP contribution is -2.23. The maximum absolute atomic E-state index is 11.5. The van der Waals surface area contributed by atoms with Crippen LogP contribution in [0.5, 0.6) is 0 Å². The lowest BCUT2D eigenvalue weighted by atomic mass is 9.85. The highest BCUT2D eigenvalue weighted by Gasteiger charge is 2.27. The van der Waals surface area contributed by atoms with Gasteiger partial charge in [0, 0.05) is 13.5 Å². The number of rotatable bonds is 5. The first-order valence-corrected chi connectivity index (χ1v) is 6.83. The topological polar surface area (TPSA) is 55.8 Å². The molecule has 0 spiro atoms. The van der Waals surface area contributed by atoms with Gasteiger partial charge in [-0.25, -0.2) is 0 Å². The normalized spacial score (nSPS) is 21.1. The Labute approximate surface area is 119 Å². The molecule has 0 radical (unpaired) electrons. The van der Waals surface area contributed by atoms with Crippen molar-refractivity contribution >= 4 is 11.5 Å². The van der Waals surface area contributed by atoms with Gasteiger partial charge in [0.05, 0.1) is 6.61 Å². The Balaban J connectivity index is 2.20. The summed E-state index contributed by atoms with van der Waals surface area (Å²) in [6.07, 6.45) is 1.78. The van der Waals surface area contributed by atoms with Gasteiger partial charge in [-0.1, -0.05) is 24.3 Å². The predicted octanol–water partition coefficient (Wildman–Crippen LogP) is 2.48. The number of fused-ring (bicyclic) bond motifs is 1. The minimum Gasteiger partial charge on any atom is -0.466 e. The molecule has 1 aromatic rings. The SMILES string of the molecule is CCOC(=O)CCC1=C[C@H](OC)[C@@H](O)c2ccccc21. The second-order valence-corrected chi connectivity index (χ2v) is 4.73. The monoisotopic (exact) mass is 276 g/mol. The lowest BCUT2D eigenvalue weighted by molar-refractivity contribution is -0.142. The molecule has 2 rings (SSSR count). The molecule has 0 amide bonds. The molecule has 0 aliphatic heterocycles. The summed E-state index contributed by atoms with van der Waals surface area (Å²) in [5.41, 5.74) is 2.85. The summed E-state index contributed by atoms with van der Waals surface area (Å²) in [6, 6.07) is 7.67. The molecule has 1 aromatic carbocycles. The van der Waals surface area contributed by atoms with E-state index in [1.165, 1.54) is 0 Å². The molecule has 0 saturated heterocycles. The number of allylic oxidation sites excluding steroid dienone is 1. The van der Waals surface area contributed by atoms with Gasteiger partial charge >= 0.3 is 5.97 Å². The summed E-state index contributed by atoms with van der Waals surface area (Å²) >= 11 is 0. The smallest absolute Gasteiger partial charge is 0.306 e. The van der Waals surface area contributed by atoms with Crippen LogP contribution in [0.1, 0.15) is 37.0 Å². The minimum absolute atomic E-state index is 0.203. The van der Waals surface area contributed by atoms with Crippen LogP contribution in [0.15, 0.2) is 30.3 Å². The van der Waals surface area contributed by atoms with Gasteiger partial charge in [0.15, 0.2) is 0 Å². The molecular formula is C16H20O4. The molecule has 2 atom stereocenters. The van der Waals surface area contributed by atoms with Gasteiger partial charge in [0.25, 0.3) is 0 Å². The van der Waals surface area contributed by atoms with Gasteiger partial charge in [0.2, 0.25) is 0 Å². The van der Waals surface area contributed by atoms with E-state index in [0.29, 0.717) is 19.4 Å². The predicted molar refractivity (Wildman–Crippen MR) is 76.0 cm³/mol. The Morgan fingerprint density at radius 3 is 2.80 bits per heavy atom. The molecule has 0 heterocycles. The molecule has 1 aliphatic carbocycles. The van der Waals surface area contributed by atoms with Crippen molar-refractivity contribution in [2.75, 3.05) is 13.7 Å². The van der Waals surface area contributed by atoms with Crippen molar-refractivity contribution in [3.63, 3.8) is 0 Å². The van der Waals surface area contributed by atoms with Crippen molar-refractivity contribution in [3.05, 3.63) is 41.5 Å². The van der Waals surface area contributed by atoms with Gasteiger partial charge in [-0.05, 0) is 36.1 Å². The van der Waals surface area contributed by atoms with Crippen LogP contribution in [0.3, 0.4) is 0 Å². The van der Waals surface area contributed by atoms with Crippen molar-refractivity contribution in [1.29, 1.82) is 0 Å². The van der Waals surface area contributed by atoms with Crippen LogP contribution in [0, 0.1) is 0 Å². The average molecular weight is 276 g/mol. The largest absolute Gasteiger partial charge is 0.466 e. The van der Waals surface area contributed by atoms with E-state index < -0.39 is 6.10 Å². The molecular weight excluding hydrogens is 256 g/mol. The van der Waals surface area contributed by atoms with Crippen molar-refractivity contribution in [1.82, 2.24) is 0 Å². The summed E-state index contributed by atoms with van der Waals surface area (Å²) in [5.74, 6) is -0.203. The number of ether oxygens (including phenoxy) is 2. The first-order valence-electron chi connectivity index (χ1n) is 6.83. The van der Waals surface area contributed by atoms with Gasteiger partial charge in [0.1, 0.15) is 12.2 Å². The molecule has 0 aromatic heterocycles. The maximum Gasteiger partial charge on any atom is 0.306 e. The molecule has 0 fully saturated rings. The number of aliphatic hydroxyl groups is 1. The van der Waals surface area contributed by atoms with E-state index in [1.807, 2.05) is 30.3 Å². The van der Waals surface area contributed by atoms with Crippen LogP contribution in [-0.4, -0.2) is 30.9 Å². The van der Waals surface area contributed by atoms with E-state index >= 15 is 0 Å². The summed E-state index contributed by atoms with van der Waals surface area (Å²) in [6.45, 7) is 2.19. The highest BCUT2D eigenvalue weighted by molar-refractivity contribution is 5.76. The second-order valence-electron chi connectivity index (χ2n) is 4.73. The highest BCUT2D eigenvalue weighted by Crippen LogP contribution is 2.36. The number of methoxy groups -OCH3 is 1. The third-order valence-corrected chi connectivity index (χ3v) is 3.48.